The first kappa shape index (κ1) is 21.1. The van der Waals surface area contributed by atoms with Crippen LogP contribution in [0, 0.1) is 0 Å². The molecule has 0 saturated heterocycles. The molecule has 0 unspecified atom stereocenters. The molecule has 0 saturated carbocycles. The van der Waals surface area contributed by atoms with E-state index in [0.717, 1.165) is 26.4 Å². The minimum Gasteiger partial charge on any atom is -0.497 e. The molecule has 0 bridgehead atoms. The van der Waals surface area contributed by atoms with Gasteiger partial charge in [0.2, 0.25) is 0 Å². The Bertz CT molecular complexity index is 818. The van der Waals surface area contributed by atoms with Gasteiger partial charge in [-0.3, -0.25) is 4.79 Å². The van der Waals surface area contributed by atoms with E-state index >= 15 is 0 Å². The van der Waals surface area contributed by atoms with Crippen LogP contribution < -0.4 is 9.47 Å². The zero-order chi connectivity index (χ0) is 19.5. The first-order valence-corrected chi connectivity index (χ1v) is 10.0. The molecule has 3 aromatic carbocycles. The number of ketones is 1. The van der Waals surface area contributed by atoms with Crippen molar-refractivity contribution in [3.05, 3.63) is 88.9 Å². The van der Waals surface area contributed by atoms with Gasteiger partial charge >= 0.3 is 0 Å². The van der Waals surface area contributed by atoms with Gasteiger partial charge in [0.15, 0.2) is 5.78 Å². The summed E-state index contributed by atoms with van der Waals surface area (Å²) in [7, 11) is 3.30. The summed E-state index contributed by atoms with van der Waals surface area (Å²) in [6, 6.07) is 24.8. The van der Waals surface area contributed by atoms with Crippen molar-refractivity contribution >= 4 is 33.5 Å². The topological polar surface area (TPSA) is 35.5 Å². The van der Waals surface area contributed by atoms with Gasteiger partial charge in [0.05, 0.1) is 20.0 Å². The zero-order valence-corrected chi connectivity index (χ0v) is 17.6. The summed E-state index contributed by atoms with van der Waals surface area (Å²) in [6.07, 6.45) is 0. The summed E-state index contributed by atoms with van der Waals surface area (Å²) in [5.74, 6) is 2.32. The standard InChI is InChI=1S/C15H14O2S.C7H7BrO/c1-17-13-7-9-14(10-8-13)18-11-15(16)12-5-3-2-4-6-12;1-9-7-4-2-6(8)3-5-7/h2-10H,11H2,1H3;2-5H,1H3. The summed E-state index contributed by atoms with van der Waals surface area (Å²) < 4.78 is 11.1. The molecule has 0 atom stereocenters. The van der Waals surface area contributed by atoms with E-state index in [1.807, 2.05) is 78.9 Å². The van der Waals surface area contributed by atoms with Gasteiger partial charge < -0.3 is 9.47 Å². The molecule has 0 N–H and O–H groups in total. The number of halogens is 1. The summed E-state index contributed by atoms with van der Waals surface area (Å²) in [6.45, 7) is 0. The molecule has 140 valence electrons. The number of Topliss-reactive ketones (excluding diaryl/α,β-unsaturated/α-hetero) is 1. The van der Waals surface area contributed by atoms with Crippen molar-refractivity contribution < 1.29 is 14.3 Å². The number of benzene rings is 3. The molecule has 0 radical (unpaired) electrons. The molecule has 0 fully saturated rings. The van der Waals surface area contributed by atoms with Crippen molar-refractivity contribution in [1.29, 1.82) is 0 Å². The fourth-order valence-electron chi connectivity index (χ4n) is 2.10. The Morgan fingerprint density at radius 1 is 0.815 bits per heavy atom. The van der Waals surface area contributed by atoms with E-state index in [0.29, 0.717) is 5.75 Å². The molecule has 0 amide bonds. The molecule has 0 aliphatic carbocycles. The third-order valence-corrected chi connectivity index (χ3v) is 5.12. The van der Waals surface area contributed by atoms with Crippen LogP contribution in [0.5, 0.6) is 11.5 Å². The third kappa shape index (κ3) is 7.49. The van der Waals surface area contributed by atoms with Crippen LogP contribution in [0.1, 0.15) is 10.4 Å². The molecule has 0 heterocycles. The first-order chi connectivity index (χ1) is 13.1. The van der Waals surface area contributed by atoms with Crippen LogP contribution in [0.3, 0.4) is 0 Å². The van der Waals surface area contributed by atoms with Gasteiger partial charge in [0.25, 0.3) is 0 Å². The second-order valence-electron chi connectivity index (χ2n) is 5.41. The zero-order valence-electron chi connectivity index (χ0n) is 15.2. The molecule has 3 aromatic rings. The number of hydrogen-bond acceptors (Lipinski definition) is 4. The maximum absolute atomic E-state index is 11.9. The highest BCUT2D eigenvalue weighted by atomic mass is 79.9. The van der Waals surface area contributed by atoms with Crippen LogP contribution in [0.25, 0.3) is 0 Å². The van der Waals surface area contributed by atoms with Crippen LogP contribution in [0.15, 0.2) is 88.2 Å². The average Bonchev–Trinajstić information content (AvgIpc) is 2.74. The van der Waals surface area contributed by atoms with Crippen LogP contribution in [-0.4, -0.2) is 25.8 Å². The lowest BCUT2D eigenvalue weighted by Gasteiger charge is -2.03. The maximum Gasteiger partial charge on any atom is 0.173 e. The van der Waals surface area contributed by atoms with Crippen molar-refractivity contribution in [2.24, 2.45) is 0 Å². The van der Waals surface area contributed by atoms with Crippen molar-refractivity contribution in [2.75, 3.05) is 20.0 Å². The molecule has 3 nitrogen and oxygen atoms in total. The first-order valence-electron chi connectivity index (χ1n) is 8.27. The number of carbonyl (C=O) groups is 1. The third-order valence-electron chi connectivity index (χ3n) is 3.57. The van der Waals surface area contributed by atoms with E-state index in [2.05, 4.69) is 15.9 Å². The van der Waals surface area contributed by atoms with Crippen LogP contribution in [0.2, 0.25) is 0 Å². The molecular weight excluding hydrogens is 424 g/mol. The van der Waals surface area contributed by atoms with E-state index in [-0.39, 0.29) is 5.78 Å². The molecule has 3 rings (SSSR count). The van der Waals surface area contributed by atoms with Gasteiger partial charge in [-0.05, 0) is 48.5 Å². The molecule has 0 aromatic heterocycles. The van der Waals surface area contributed by atoms with Crippen LogP contribution in [0.4, 0.5) is 0 Å². The second kappa shape index (κ2) is 11.5. The normalized spacial score (nSPS) is 9.74. The Morgan fingerprint density at radius 2 is 1.33 bits per heavy atom. The smallest absolute Gasteiger partial charge is 0.173 e. The summed E-state index contributed by atoms with van der Waals surface area (Å²) in [5.41, 5.74) is 0.763. The van der Waals surface area contributed by atoms with Gasteiger partial charge in [-0.2, -0.15) is 0 Å². The largest absolute Gasteiger partial charge is 0.497 e. The lowest BCUT2D eigenvalue weighted by atomic mass is 10.2. The van der Waals surface area contributed by atoms with Crippen LogP contribution >= 0.6 is 27.7 Å². The lowest BCUT2D eigenvalue weighted by Crippen LogP contribution is -2.01. The molecular formula is C22H21BrO3S. The van der Waals surface area contributed by atoms with Gasteiger partial charge in [-0.25, -0.2) is 0 Å². The van der Waals surface area contributed by atoms with Crippen molar-refractivity contribution in [3.63, 3.8) is 0 Å². The number of rotatable bonds is 6. The Hall–Kier alpha value is -2.24. The molecule has 0 aliphatic heterocycles. The Labute approximate surface area is 172 Å². The molecule has 0 spiro atoms. The monoisotopic (exact) mass is 444 g/mol. The van der Waals surface area contributed by atoms with Crippen molar-refractivity contribution in [1.82, 2.24) is 0 Å². The predicted molar refractivity (Wildman–Crippen MR) is 115 cm³/mol. The average molecular weight is 445 g/mol. The molecule has 5 heteroatoms. The summed E-state index contributed by atoms with van der Waals surface area (Å²) in [5, 5.41) is 0. The van der Waals surface area contributed by atoms with Gasteiger partial charge in [-0.15, -0.1) is 11.8 Å². The summed E-state index contributed by atoms with van der Waals surface area (Å²) >= 11 is 4.86. The summed E-state index contributed by atoms with van der Waals surface area (Å²) in [4.78, 5) is 13.0. The number of thioether (sulfide) groups is 1. The highest BCUT2D eigenvalue weighted by Gasteiger charge is 2.05. The highest BCUT2D eigenvalue weighted by molar-refractivity contribution is 9.10. The van der Waals surface area contributed by atoms with E-state index in [9.17, 15) is 4.79 Å². The SMILES string of the molecule is COc1ccc(Br)cc1.COc1ccc(SCC(=O)c2ccccc2)cc1. The van der Waals surface area contributed by atoms with Gasteiger partial charge in [0.1, 0.15) is 11.5 Å². The quantitative estimate of drug-likeness (QED) is 0.338. The molecule has 0 aliphatic rings. The van der Waals surface area contributed by atoms with E-state index < -0.39 is 0 Å². The van der Waals surface area contributed by atoms with Gasteiger partial charge in [-0.1, -0.05) is 46.3 Å². The maximum atomic E-state index is 11.9. The number of hydrogen-bond donors (Lipinski definition) is 0. The Morgan fingerprint density at radius 3 is 1.85 bits per heavy atom. The Balaban J connectivity index is 0.000000244. The highest BCUT2D eigenvalue weighted by Crippen LogP contribution is 2.22. The predicted octanol–water partition coefficient (Wildman–Crippen LogP) is 6.13. The van der Waals surface area contributed by atoms with Gasteiger partial charge in [0, 0.05) is 14.9 Å². The number of carbonyl (C=O) groups excluding carboxylic acids is 1. The number of ether oxygens (including phenoxy) is 2. The lowest BCUT2D eigenvalue weighted by molar-refractivity contribution is 0.102. The second-order valence-corrected chi connectivity index (χ2v) is 7.38. The molecule has 27 heavy (non-hydrogen) atoms. The van der Waals surface area contributed by atoms with Crippen molar-refractivity contribution in [3.8, 4) is 11.5 Å². The van der Waals surface area contributed by atoms with E-state index in [4.69, 9.17) is 9.47 Å². The minimum atomic E-state index is 0.149. The number of methoxy groups -OCH3 is 2. The van der Waals surface area contributed by atoms with E-state index in [1.165, 1.54) is 11.8 Å². The fraction of sp³-hybridized carbons (Fsp3) is 0.136. The van der Waals surface area contributed by atoms with Crippen molar-refractivity contribution in [2.45, 2.75) is 4.90 Å². The fourth-order valence-corrected chi connectivity index (χ4v) is 3.16. The van der Waals surface area contributed by atoms with E-state index in [1.54, 1.807) is 14.2 Å². The Kier molecular flexibility index (Phi) is 8.95. The van der Waals surface area contributed by atoms with Crippen LogP contribution in [-0.2, 0) is 0 Å². The minimum absolute atomic E-state index is 0.149.